The summed E-state index contributed by atoms with van der Waals surface area (Å²) in [5.74, 6) is 0.100. The molecule has 1 N–H and O–H groups in total. The Labute approximate surface area is 208 Å². The number of carbonyl (C=O) groups is 1. The van der Waals surface area contributed by atoms with Crippen molar-refractivity contribution < 1.29 is 14.6 Å². The molecule has 1 aromatic carbocycles. The molecule has 0 fully saturated rings. The summed E-state index contributed by atoms with van der Waals surface area (Å²) in [5.41, 5.74) is 2.42. The molecule has 0 aromatic heterocycles. The van der Waals surface area contributed by atoms with Crippen LogP contribution in [0, 0.1) is 13.8 Å². The zero-order valence-electron chi connectivity index (χ0n) is 21.7. The minimum absolute atomic E-state index is 0.415. The molecular formula is C29H50O3S. The maximum atomic E-state index is 12.0. The predicted molar refractivity (Wildman–Crippen MR) is 144 cm³/mol. The van der Waals surface area contributed by atoms with Crippen molar-refractivity contribution in [3.63, 3.8) is 0 Å². The van der Waals surface area contributed by atoms with Crippen molar-refractivity contribution in [3.8, 4) is 0 Å². The molecule has 1 aromatic rings. The van der Waals surface area contributed by atoms with Crippen molar-refractivity contribution in [2.75, 3.05) is 6.61 Å². The lowest BCUT2D eigenvalue weighted by Crippen LogP contribution is -2.20. The molecule has 3 nitrogen and oxygen atoms in total. The van der Waals surface area contributed by atoms with E-state index in [1.54, 1.807) is 0 Å². The Morgan fingerprint density at radius 3 is 1.64 bits per heavy atom. The Kier molecular flexibility index (Phi) is 18.5. The molecule has 0 radical (unpaired) electrons. The van der Waals surface area contributed by atoms with Crippen molar-refractivity contribution in [1.29, 1.82) is 0 Å². The van der Waals surface area contributed by atoms with E-state index in [1.165, 1.54) is 113 Å². The van der Waals surface area contributed by atoms with Gasteiger partial charge in [0.2, 0.25) is 0 Å². The number of ether oxygens (including phenoxy) is 1. The summed E-state index contributed by atoms with van der Waals surface area (Å²) >= 11 is 1.23. The second-order valence-electron chi connectivity index (χ2n) is 9.63. The van der Waals surface area contributed by atoms with Crippen LogP contribution < -0.4 is 0 Å². The number of hydrogen-bond donors (Lipinski definition) is 1. The van der Waals surface area contributed by atoms with Crippen LogP contribution in [0.25, 0.3) is 0 Å². The summed E-state index contributed by atoms with van der Waals surface area (Å²) in [4.78, 5) is 12.0. The Balaban J connectivity index is 1.87. The molecule has 0 saturated carbocycles. The maximum Gasteiger partial charge on any atom is 0.345 e. The highest BCUT2D eigenvalue weighted by Crippen LogP contribution is 2.20. The summed E-state index contributed by atoms with van der Waals surface area (Å²) in [6.07, 6.45) is 21.2. The molecule has 0 amide bonds. The second-order valence-corrected chi connectivity index (χ2v) is 10.7. The largest absolute Gasteiger partial charge is 0.463 e. The lowest BCUT2D eigenvalue weighted by atomic mass is 10.0. The van der Waals surface area contributed by atoms with E-state index >= 15 is 0 Å². The van der Waals surface area contributed by atoms with E-state index in [2.05, 4.69) is 39.0 Å². The summed E-state index contributed by atoms with van der Waals surface area (Å²) in [5, 5.41) is 10.0. The van der Waals surface area contributed by atoms with Gasteiger partial charge in [0.1, 0.15) is 0 Å². The first-order chi connectivity index (χ1) is 16.0. The van der Waals surface area contributed by atoms with Crippen molar-refractivity contribution in [3.05, 3.63) is 34.9 Å². The minimum Gasteiger partial charge on any atom is -0.463 e. The van der Waals surface area contributed by atoms with Gasteiger partial charge in [-0.3, -0.25) is 0 Å². The highest BCUT2D eigenvalue weighted by molar-refractivity contribution is 7.99. The van der Waals surface area contributed by atoms with E-state index in [1.807, 2.05) is 0 Å². The van der Waals surface area contributed by atoms with Gasteiger partial charge in [-0.15, -0.1) is 11.8 Å². The normalized spacial score (nSPS) is 12.1. The molecular weight excluding hydrogens is 428 g/mol. The van der Waals surface area contributed by atoms with Crippen LogP contribution in [0.5, 0.6) is 0 Å². The van der Waals surface area contributed by atoms with Crippen molar-refractivity contribution in [2.24, 2.45) is 0 Å². The average molecular weight is 479 g/mol. The molecule has 0 bridgehead atoms. The van der Waals surface area contributed by atoms with E-state index in [4.69, 9.17) is 4.74 Å². The van der Waals surface area contributed by atoms with Gasteiger partial charge in [0.05, 0.1) is 6.61 Å². The molecule has 1 unspecified atom stereocenters. The van der Waals surface area contributed by atoms with Gasteiger partial charge in [-0.1, -0.05) is 133 Å². The van der Waals surface area contributed by atoms with Crippen LogP contribution in [0.15, 0.2) is 18.2 Å². The summed E-state index contributed by atoms with van der Waals surface area (Å²) < 4.78 is 5.25. The number of esters is 1. The molecule has 0 aliphatic heterocycles. The molecule has 1 rings (SSSR count). The van der Waals surface area contributed by atoms with Crippen LogP contribution >= 0.6 is 11.8 Å². The van der Waals surface area contributed by atoms with Gasteiger partial charge in [-0.25, -0.2) is 4.79 Å². The monoisotopic (exact) mass is 478 g/mol. The molecule has 4 heteroatoms. The smallest absolute Gasteiger partial charge is 0.345 e. The van der Waals surface area contributed by atoms with Gasteiger partial charge in [0, 0.05) is 5.75 Å². The van der Waals surface area contributed by atoms with Gasteiger partial charge in [0.15, 0.2) is 5.44 Å². The zero-order chi connectivity index (χ0) is 24.2. The third-order valence-electron chi connectivity index (χ3n) is 6.13. The Hall–Kier alpha value is -1.00. The zero-order valence-corrected chi connectivity index (χ0v) is 22.5. The molecule has 33 heavy (non-hydrogen) atoms. The SMILES string of the molecule is CCCCCCCCCCCCCCCCCCOC(=O)C(O)SCc1cc(C)cc(C)c1. The van der Waals surface area contributed by atoms with Crippen LogP contribution in [0.2, 0.25) is 0 Å². The fraction of sp³-hybridized carbons (Fsp3) is 0.759. The Morgan fingerprint density at radius 1 is 0.758 bits per heavy atom. The fourth-order valence-corrected chi connectivity index (χ4v) is 5.01. The van der Waals surface area contributed by atoms with E-state index in [0.29, 0.717) is 12.4 Å². The van der Waals surface area contributed by atoms with Crippen LogP contribution in [-0.4, -0.2) is 23.1 Å². The molecule has 0 aliphatic rings. The van der Waals surface area contributed by atoms with Crippen molar-refractivity contribution in [2.45, 2.75) is 135 Å². The van der Waals surface area contributed by atoms with Gasteiger partial charge in [-0.2, -0.15) is 0 Å². The first-order valence-corrected chi connectivity index (χ1v) is 14.6. The Bertz CT molecular complexity index is 597. The summed E-state index contributed by atoms with van der Waals surface area (Å²) in [6.45, 7) is 6.81. The highest BCUT2D eigenvalue weighted by Gasteiger charge is 2.17. The quantitative estimate of drug-likeness (QED) is 0.109. The minimum atomic E-state index is -1.10. The predicted octanol–water partition coefficient (Wildman–Crippen LogP) is 8.66. The van der Waals surface area contributed by atoms with Crippen molar-refractivity contribution >= 4 is 17.7 Å². The lowest BCUT2D eigenvalue weighted by molar-refractivity contribution is -0.148. The number of carbonyl (C=O) groups excluding carboxylic acids is 1. The first-order valence-electron chi connectivity index (χ1n) is 13.6. The number of hydrogen-bond acceptors (Lipinski definition) is 4. The molecule has 1 atom stereocenters. The van der Waals surface area contributed by atoms with Crippen LogP contribution in [0.4, 0.5) is 0 Å². The third kappa shape index (κ3) is 17.1. The van der Waals surface area contributed by atoms with Crippen LogP contribution in [-0.2, 0) is 15.3 Å². The summed E-state index contributed by atoms with van der Waals surface area (Å²) in [7, 11) is 0. The third-order valence-corrected chi connectivity index (χ3v) is 7.14. The highest BCUT2D eigenvalue weighted by atomic mass is 32.2. The van der Waals surface area contributed by atoms with E-state index in [9.17, 15) is 9.90 Å². The lowest BCUT2D eigenvalue weighted by Gasteiger charge is -2.11. The van der Waals surface area contributed by atoms with Gasteiger partial charge in [0.25, 0.3) is 0 Å². The molecule has 190 valence electrons. The van der Waals surface area contributed by atoms with E-state index in [-0.39, 0.29) is 0 Å². The first kappa shape index (κ1) is 30.0. The van der Waals surface area contributed by atoms with Crippen LogP contribution in [0.3, 0.4) is 0 Å². The second kappa shape index (κ2) is 20.4. The van der Waals surface area contributed by atoms with Crippen LogP contribution in [0.1, 0.15) is 126 Å². The summed E-state index contributed by atoms with van der Waals surface area (Å²) in [6, 6.07) is 6.31. The van der Waals surface area contributed by atoms with E-state index < -0.39 is 11.4 Å². The number of thioether (sulfide) groups is 1. The van der Waals surface area contributed by atoms with E-state index in [0.717, 1.165) is 18.4 Å². The van der Waals surface area contributed by atoms with Gasteiger partial charge < -0.3 is 9.84 Å². The molecule has 0 saturated heterocycles. The number of aryl methyl sites for hydroxylation is 2. The molecule has 0 spiro atoms. The number of aliphatic hydroxyl groups is 1. The topological polar surface area (TPSA) is 46.5 Å². The average Bonchev–Trinajstić information content (AvgIpc) is 2.78. The number of unbranched alkanes of at least 4 members (excludes halogenated alkanes) is 15. The molecule has 0 heterocycles. The molecule has 0 aliphatic carbocycles. The van der Waals surface area contributed by atoms with Gasteiger partial charge in [-0.05, 0) is 25.8 Å². The maximum absolute atomic E-state index is 12.0. The number of benzene rings is 1. The fourth-order valence-electron chi connectivity index (χ4n) is 4.29. The number of aliphatic hydroxyl groups excluding tert-OH is 1. The van der Waals surface area contributed by atoms with Gasteiger partial charge >= 0.3 is 5.97 Å². The standard InChI is InChI=1S/C29H50O3S/c1-4-5-6-7-8-9-10-11-12-13-14-15-16-17-18-19-20-32-28(30)29(31)33-24-27-22-25(2)21-26(3)23-27/h21-23,29,31H,4-20,24H2,1-3H3. The Morgan fingerprint density at radius 2 is 1.18 bits per heavy atom. The van der Waals surface area contributed by atoms with Crippen molar-refractivity contribution in [1.82, 2.24) is 0 Å². The number of rotatable bonds is 21.